The van der Waals surface area contributed by atoms with E-state index >= 15 is 0 Å². The van der Waals surface area contributed by atoms with Gasteiger partial charge in [-0.2, -0.15) is 5.26 Å². The van der Waals surface area contributed by atoms with Crippen molar-refractivity contribution in [3.8, 4) is 6.07 Å². The van der Waals surface area contributed by atoms with E-state index in [1.807, 2.05) is 42.5 Å². The van der Waals surface area contributed by atoms with Crippen LogP contribution in [0, 0.1) is 11.3 Å². The van der Waals surface area contributed by atoms with Crippen molar-refractivity contribution in [3.05, 3.63) is 42.0 Å². The third kappa shape index (κ3) is 5.66. The maximum atomic E-state index is 8.30. The van der Waals surface area contributed by atoms with Crippen molar-refractivity contribution < 1.29 is 4.74 Å². The Bertz CT molecular complexity index is 324. The summed E-state index contributed by atoms with van der Waals surface area (Å²) in [6, 6.07) is 12.2. The first kappa shape index (κ1) is 11.5. The molecule has 1 aromatic rings. The van der Waals surface area contributed by atoms with E-state index in [-0.39, 0.29) is 0 Å². The summed E-state index contributed by atoms with van der Waals surface area (Å²) in [5.41, 5.74) is 1.18. The topological polar surface area (TPSA) is 33.0 Å². The molecule has 2 heteroatoms. The highest BCUT2D eigenvalue weighted by atomic mass is 16.5. The van der Waals surface area contributed by atoms with Gasteiger partial charge in [-0.25, -0.2) is 0 Å². The van der Waals surface area contributed by atoms with Crippen molar-refractivity contribution in [2.45, 2.75) is 12.8 Å². The molecule has 2 nitrogen and oxygen atoms in total. The fraction of sp³-hybridized carbons (Fsp3) is 0.308. The standard InChI is InChI=1S/C13H15NO/c14-10-4-5-11-15-12-6-9-13-7-2-1-3-8-13/h1-3,6-9H,4-5,11-12H2/b9-6+. The molecule has 0 heterocycles. The van der Waals surface area contributed by atoms with E-state index in [4.69, 9.17) is 10.00 Å². The lowest BCUT2D eigenvalue weighted by Gasteiger charge is -1.97. The highest BCUT2D eigenvalue weighted by molar-refractivity contribution is 5.48. The smallest absolute Gasteiger partial charge is 0.0650 e. The number of hydrogen-bond acceptors (Lipinski definition) is 2. The van der Waals surface area contributed by atoms with Crippen molar-refractivity contribution >= 4 is 6.08 Å². The molecular formula is C13H15NO. The Morgan fingerprint density at radius 2 is 2.07 bits per heavy atom. The molecule has 0 N–H and O–H groups in total. The van der Waals surface area contributed by atoms with Gasteiger partial charge in [0.25, 0.3) is 0 Å². The summed E-state index contributed by atoms with van der Waals surface area (Å²) in [4.78, 5) is 0. The van der Waals surface area contributed by atoms with Gasteiger partial charge in [-0.1, -0.05) is 42.5 Å². The number of nitrogens with zero attached hydrogens (tertiary/aromatic N) is 1. The summed E-state index contributed by atoms with van der Waals surface area (Å²) in [7, 11) is 0. The van der Waals surface area contributed by atoms with Crippen LogP contribution in [0.5, 0.6) is 0 Å². The van der Waals surface area contributed by atoms with E-state index in [0.29, 0.717) is 19.6 Å². The molecule has 0 aliphatic heterocycles. The summed E-state index contributed by atoms with van der Waals surface area (Å²) < 4.78 is 5.32. The highest BCUT2D eigenvalue weighted by Crippen LogP contribution is 2.00. The maximum Gasteiger partial charge on any atom is 0.0650 e. The summed E-state index contributed by atoms with van der Waals surface area (Å²) >= 11 is 0. The van der Waals surface area contributed by atoms with Gasteiger partial charge < -0.3 is 4.74 Å². The molecule has 15 heavy (non-hydrogen) atoms. The Balaban J connectivity index is 2.10. The second-order valence-electron chi connectivity index (χ2n) is 3.15. The van der Waals surface area contributed by atoms with Crippen molar-refractivity contribution in [3.63, 3.8) is 0 Å². The lowest BCUT2D eigenvalue weighted by Crippen LogP contribution is -1.93. The molecule has 0 saturated carbocycles. The molecule has 1 aromatic carbocycles. The number of unbranched alkanes of at least 4 members (excludes halogenated alkanes) is 1. The first-order valence-corrected chi connectivity index (χ1v) is 5.10. The van der Waals surface area contributed by atoms with Crippen LogP contribution in [0.1, 0.15) is 18.4 Å². The van der Waals surface area contributed by atoms with E-state index in [0.717, 1.165) is 6.42 Å². The molecule has 0 fully saturated rings. The zero-order chi connectivity index (χ0) is 10.8. The lowest BCUT2D eigenvalue weighted by atomic mass is 10.2. The SMILES string of the molecule is N#CCCCOC/C=C/c1ccccc1. The van der Waals surface area contributed by atoms with Crippen molar-refractivity contribution in [2.75, 3.05) is 13.2 Å². The first-order chi connectivity index (χ1) is 7.43. The molecule has 0 aliphatic rings. The lowest BCUT2D eigenvalue weighted by molar-refractivity contribution is 0.161. The summed E-state index contributed by atoms with van der Waals surface area (Å²) in [6.07, 6.45) is 5.41. The predicted octanol–water partition coefficient (Wildman–Crippen LogP) is 3.02. The second-order valence-corrected chi connectivity index (χ2v) is 3.15. The van der Waals surface area contributed by atoms with Crippen LogP contribution in [-0.2, 0) is 4.74 Å². The molecule has 0 aliphatic carbocycles. The second kappa shape index (κ2) is 7.78. The zero-order valence-electron chi connectivity index (χ0n) is 8.73. The van der Waals surface area contributed by atoms with Crippen LogP contribution in [0.3, 0.4) is 0 Å². The minimum atomic E-state index is 0.572. The van der Waals surface area contributed by atoms with Crippen LogP contribution in [0.25, 0.3) is 6.08 Å². The quantitative estimate of drug-likeness (QED) is 0.663. The van der Waals surface area contributed by atoms with Gasteiger partial charge in [-0.15, -0.1) is 0 Å². The van der Waals surface area contributed by atoms with Crippen LogP contribution in [0.2, 0.25) is 0 Å². The Kier molecular flexibility index (Phi) is 5.96. The van der Waals surface area contributed by atoms with Gasteiger partial charge >= 0.3 is 0 Å². The molecule has 0 radical (unpaired) electrons. The Hall–Kier alpha value is -1.59. The number of rotatable bonds is 6. The Labute approximate surface area is 90.8 Å². The third-order valence-corrected chi connectivity index (χ3v) is 1.90. The average molecular weight is 201 g/mol. The normalized spacial score (nSPS) is 10.3. The van der Waals surface area contributed by atoms with Crippen LogP contribution in [0.4, 0.5) is 0 Å². The maximum absolute atomic E-state index is 8.30. The van der Waals surface area contributed by atoms with Gasteiger partial charge in [0.15, 0.2) is 0 Å². The van der Waals surface area contributed by atoms with Crippen LogP contribution < -0.4 is 0 Å². The van der Waals surface area contributed by atoms with Crippen molar-refractivity contribution in [2.24, 2.45) is 0 Å². The molecular weight excluding hydrogens is 186 g/mol. The van der Waals surface area contributed by atoms with Gasteiger partial charge in [0.1, 0.15) is 0 Å². The van der Waals surface area contributed by atoms with Crippen molar-refractivity contribution in [1.29, 1.82) is 5.26 Å². The largest absolute Gasteiger partial charge is 0.377 e. The van der Waals surface area contributed by atoms with E-state index in [2.05, 4.69) is 6.07 Å². The fourth-order valence-electron chi connectivity index (χ4n) is 1.15. The number of benzene rings is 1. The Morgan fingerprint density at radius 1 is 1.27 bits per heavy atom. The van der Waals surface area contributed by atoms with E-state index in [1.165, 1.54) is 5.56 Å². The van der Waals surface area contributed by atoms with Gasteiger partial charge in [-0.3, -0.25) is 0 Å². The minimum absolute atomic E-state index is 0.572. The molecule has 0 atom stereocenters. The average Bonchev–Trinajstić information content (AvgIpc) is 2.29. The number of nitriles is 1. The third-order valence-electron chi connectivity index (χ3n) is 1.90. The molecule has 0 spiro atoms. The summed E-state index contributed by atoms with van der Waals surface area (Å²) in [5.74, 6) is 0. The van der Waals surface area contributed by atoms with Crippen LogP contribution >= 0.6 is 0 Å². The van der Waals surface area contributed by atoms with Crippen LogP contribution in [-0.4, -0.2) is 13.2 Å². The first-order valence-electron chi connectivity index (χ1n) is 5.10. The monoisotopic (exact) mass is 201 g/mol. The van der Waals surface area contributed by atoms with Crippen molar-refractivity contribution in [1.82, 2.24) is 0 Å². The fourth-order valence-corrected chi connectivity index (χ4v) is 1.15. The highest BCUT2D eigenvalue weighted by Gasteiger charge is 1.86. The molecule has 78 valence electrons. The zero-order valence-corrected chi connectivity index (χ0v) is 8.73. The molecule has 0 amide bonds. The van der Waals surface area contributed by atoms with E-state index in [1.54, 1.807) is 0 Å². The van der Waals surface area contributed by atoms with Crippen LogP contribution in [0.15, 0.2) is 36.4 Å². The summed E-state index contributed by atoms with van der Waals surface area (Å²) in [5, 5.41) is 8.30. The Morgan fingerprint density at radius 3 is 2.80 bits per heavy atom. The van der Waals surface area contributed by atoms with Gasteiger partial charge in [0, 0.05) is 13.0 Å². The number of hydrogen-bond donors (Lipinski definition) is 0. The molecule has 0 unspecified atom stereocenters. The van der Waals surface area contributed by atoms with E-state index < -0.39 is 0 Å². The van der Waals surface area contributed by atoms with E-state index in [9.17, 15) is 0 Å². The van der Waals surface area contributed by atoms with Gasteiger partial charge in [0.05, 0.1) is 12.7 Å². The molecule has 0 aromatic heterocycles. The minimum Gasteiger partial charge on any atom is -0.377 e. The van der Waals surface area contributed by atoms with Gasteiger partial charge in [-0.05, 0) is 12.0 Å². The molecule has 1 rings (SSSR count). The molecule has 0 saturated heterocycles. The molecule has 0 bridgehead atoms. The number of ether oxygens (including phenoxy) is 1. The summed E-state index contributed by atoms with van der Waals surface area (Å²) in [6.45, 7) is 1.27. The predicted molar refractivity (Wildman–Crippen MR) is 61.1 cm³/mol. The van der Waals surface area contributed by atoms with Gasteiger partial charge in [0.2, 0.25) is 0 Å².